The molecule has 4 heteroatoms. The molecule has 1 atom stereocenters. The first-order chi connectivity index (χ1) is 9.90. The number of fused-ring (bicyclic) bond motifs is 1. The standard InChI is InChI=1S/C16H16N4/c1-2-19-16(15-11-17-7-8-20-15)14-10-18-9-12-5-3-4-6-13(12)14/h3-11,16,19H,2H2,1H3. The van der Waals surface area contributed by atoms with Crippen molar-refractivity contribution in [3.8, 4) is 0 Å². The average molecular weight is 264 g/mol. The van der Waals surface area contributed by atoms with E-state index in [9.17, 15) is 0 Å². The Kier molecular flexibility index (Phi) is 3.65. The van der Waals surface area contributed by atoms with E-state index in [2.05, 4.69) is 39.3 Å². The molecule has 2 aromatic heterocycles. The van der Waals surface area contributed by atoms with Gasteiger partial charge >= 0.3 is 0 Å². The maximum Gasteiger partial charge on any atom is 0.0802 e. The van der Waals surface area contributed by atoms with Crippen LogP contribution in [0.25, 0.3) is 10.8 Å². The molecule has 1 N–H and O–H groups in total. The van der Waals surface area contributed by atoms with Crippen LogP contribution in [-0.2, 0) is 0 Å². The summed E-state index contributed by atoms with van der Waals surface area (Å²) in [4.78, 5) is 13.0. The van der Waals surface area contributed by atoms with Gasteiger partial charge in [-0.25, -0.2) is 0 Å². The van der Waals surface area contributed by atoms with Gasteiger partial charge in [-0.05, 0) is 11.9 Å². The molecule has 1 aromatic carbocycles. The van der Waals surface area contributed by atoms with Gasteiger partial charge in [-0.2, -0.15) is 0 Å². The molecule has 0 bridgehead atoms. The smallest absolute Gasteiger partial charge is 0.0802 e. The second-order valence-corrected chi connectivity index (χ2v) is 4.57. The highest BCUT2D eigenvalue weighted by Crippen LogP contribution is 2.26. The van der Waals surface area contributed by atoms with Gasteiger partial charge in [-0.1, -0.05) is 31.2 Å². The molecule has 0 amide bonds. The fourth-order valence-corrected chi connectivity index (χ4v) is 2.41. The third kappa shape index (κ3) is 2.38. The van der Waals surface area contributed by atoms with Crippen molar-refractivity contribution < 1.29 is 0 Å². The maximum absolute atomic E-state index is 4.43. The van der Waals surface area contributed by atoms with Crippen LogP contribution in [0.3, 0.4) is 0 Å². The summed E-state index contributed by atoms with van der Waals surface area (Å²) in [5, 5.41) is 5.79. The lowest BCUT2D eigenvalue weighted by molar-refractivity contribution is 0.614. The molecule has 0 radical (unpaired) electrons. The van der Waals surface area contributed by atoms with Gasteiger partial charge in [0.25, 0.3) is 0 Å². The molecule has 0 saturated carbocycles. The Morgan fingerprint density at radius 1 is 1.05 bits per heavy atom. The summed E-state index contributed by atoms with van der Waals surface area (Å²) >= 11 is 0. The molecular weight excluding hydrogens is 248 g/mol. The minimum atomic E-state index is 0.00676. The molecule has 1 unspecified atom stereocenters. The van der Waals surface area contributed by atoms with E-state index in [1.165, 1.54) is 5.39 Å². The second kappa shape index (κ2) is 5.75. The average Bonchev–Trinajstić information content (AvgIpc) is 2.53. The van der Waals surface area contributed by atoms with Crippen LogP contribution in [0.2, 0.25) is 0 Å². The minimum Gasteiger partial charge on any atom is -0.305 e. The van der Waals surface area contributed by atoms with Crippen molar-refractivity contribution >= 4 is 10.8 Å². The molecule has 0 fully saturated rings. The van der Waals surface area contributed by atoms with Gasteiger partial charge in [0.05, 0.1) is 17.9 Å². The summed E-state index contributed by atoms with van der Waals surface area (Å²) in [5.41, 5.74) is 2.04. The van der Waals surface area contributed by atoms with Crippen LogP contribution in [0.5, 0.6) is 0 Å². The first kappa shape index (κ1) is 12.7. The van der Waals surface area contributed by atoms with Crippen molar-refractivity contribution in [2.75, 3.05) is 6.54 Å². The van der Waals surface area contributed by atoms with Gasteiger partial charge in [0, 0.05) is 35.7 Å². The van der Waals surface area contributed by atoms with Crippen molar-refractivity contribution in [2.45, 2.75) is 13.0 Å². The molecule has 0 aliphatic carbocycles. The molecule has 3 aromatic rings. The number of hydrogen-bond donors (Lipinski definition) is 1. The Balaban J connectivity index is 2.15. The van der Waals surface area contributed by atoms with Crippen LogP contribution < -0.4 is 5.32 Å². The molecule has 100 valence electrons. The van der Waals surface area contributed by atoms with E-state index in [1.54, 1.807) is 18.6 Å². The Labute approximate surface area is 117 Å². The van der Waals surface area contributed by atoms with E-state index in [0.29, 0.717) is 0 Å². The molecule has 0 saturated heterocycles. The molecule has 0 spiro atoms. The summed E-state index contributed by atoms with van der Waals surface area (Å²) < 4.78 is 0. The number of aromatic nitrogens is 3. The quantitative estimate of drug-likeness (QED) is 0.787. The molecular formula is C16H16N4. The van der Waals surface area contributed by atoms with E-state index in [0.717, 1.165) is 23.2 Å². The van der Waals surface area contributed by atoms with Crippen molar-refractivity contribution in [3.05, 3.63) is 66.5 Å². The number of pyridine rings is 1. The van der Waals surface area contributed by atoms with E-state index in [4.69, 9.17) is 0 Å². The lowest BCUT2D eigenvalue weighted by Gasteiger charge is -2.18. The van der Waals surface area contributed by atoms with E-state index >= 15 is 0 Å². The van der Waals surface area contributed by atoms with Crippen LogP contribution >= 0.6 is 0 Å². The minimum absolute atomic E-state index is 0.00676. The summed E-state index contributed by atoms with van der Waals surface area (Å²) in [6, 6.07) is 8.27. The SMILES string of the molecule is CCNC(c1cnccn1)c1cncc2ccccc12. The fraction of sp³-hybridized carbons (Fsp3) is 0.188. The van der Waals surface area contributed by atoms with Crippen molar-refractivity contribution in [3.63, 3.8) is 0 Å². The van der Waals surface area contributed by atoms with Crippen molar-refractivity contribution in [1.82, 2.24) is 20.3 Å². The maximum atomic E-state index is 4.43. The summed E-state index contributed by atoms with van der Waals surface area (Å²) in [6.45, 7) is 2.94. The van der Waals surface area contributed by atoms with E-state index < -0.39 is 0 Å². The highest BCUT2D eigenvalue weighted by Gasteiger charge is 2.17. The third-order valence-corrected chi connectivity index (χ3v) is 3.30. The van der Waals surface area contributed by atoms with Crippen LogP contribution in [0.1, 0.15) is 24.2 Å². The first-order valence-corrected chi connectivity index (χ1v) is 6.72. The summed E-state index contributed by atoms with van der Waals surface area (Å²) in [7, 11) is 0. The predicted molar refractivity (Wildman–Crippen MR) is 79.3 cm³/mol. The normalized spacial score (nSPS) is 12.4. The molecule has 20 heavy (non-hydrogen) atoms. The Bertz CT molecular complexity index is 692. The Hall–Kier alpha value is -2.33. The zero-order valence-electron chi connectivity index (χ0n) is 11.3. The van der Waals surface area contributed by atoms with Gasteiger partial charge in [0.15, 0.2) is 0 Å². The van der Waals surface area contributed by atoms with Crippen LogP contribution in [-0.4, -0.2) is 21.5 Å². The van der Waals surface area contributed by atoms with Gasteiger partial charge in [0.2, 0.25) is 0 Å². The number of hydrogen-bond acceptors (Lipinski definition) is 4. The van der Waals surface area contributed by atoms with Crippen molar-refractivity contribution in [2.24, 2.45) is 0 Å². The number of nitrogens with zero attached hydrogens (tertiary/aromatic N) is 3. The van der Waals surface area contributed by atoms with Crippen molar-refractivity contribution in [1.29, 1.82) is 0 Å². The third-order valence-electron chi connectivity index (χ3n) is 3.30. The highest BCUT2D eigenvalue weighted by atomic mass is 14.9. The fourth-order valence-electron chi connectivity index (χ4n) is 2.41. The number of rotatable bonds is 4. The van der Waals surface area contributed by atoms with Crippen LogP contribution in [0.15, 0.2) is 55.2 Å². The molecule has 2 heterocycles. The van der Waals surface area contributed by atoms with Gasteiger partial charge in [0.1, 0.15) is 0 Å². The molecule has 0 aliphatic rings. The molecule has 0 aliphatic heterocycles. The molecule has 4 nitrogen and oxygen atoms in total. The predicted octanol–water partition coefficient (Wildman–Crippen LogP) is 2.72. The first-order valence-electron chi connectivity index (χ1n) is 6.72. The largest absolute Gasteiger partial charge is 0.305 e. The Morgan fingerprint density at radius 2 is 1.95 bits per heavy atom. The van der Waals surface area contributed by atoms with E-state index in [1.807, 2.05) is 24.5 Å². The van der Waals surface area contributed by atoms with Crippen LogP contribution in [0.4, 0.5) is 0 Å². The summed E-state index contributed by atoms with van der Waals surface area (Å²) in [5.74, 6) is 0. The number of nitrogens with one attached hydrogen (secondary N) is 1. The monoisotopic (exact) mass is 264 g/mol. The van der Waals surface area contributed by atoms with Gasteiger partial charge in [-0.3, -0.25) is 15.0 Å². The van der Waals surface area contributed by atoms with Crippen LogP contribution in [0, 0.1) is 0 Å². The van der Waals surface area contributed by atoms with Gasteiger partial charge < -0.3 is 5.32 Å². The van der Waals surface area contributed by atoms with Gasteiger partial charge in [-0.15, -0.1) is 0 Å². The highest BCUT2D eigenvalue weighted by molar-refractivity contribution is 5.85. The zero-order chi connectivity index (χ0) is 13.8. The zero-order valence-corrected chi connectivity index (χ0v) is 11.3. The molecule has 3 rings (SSSR count). The lowest BCUT2D eigenvalue weighted by Crippen LogP contribution is -2.23. The topological polar surface area (TPSA) is 50.7 Å². The number of benzene rings is 1. The Morgan fingerprint density at radius 3 is 2.75 bits per heavy atom. The summed E-state index contributed by atoms with van der Waals surface area (Å²) in [6.07, 6.45) is 9.00. The second-order valence-electron chi connectivity index (χ2n) is 4.57. The lowest BCUT2D eigenvalue weighted by atomic mass is 9.99. The van der Waals surface area contributed by atoms with E-state index in [-0.39, 0.29) is 6.04 Å².